The van der Waals surface area contributed by atoms with Gasteiger partial charge in [-0.1, -0.05) is 18.2 Å². The van der Waals surface area contributed by atoms with E-state index in [1.165, 1.54) is 11.3 Å². The molecule has 1 aliphatic rings. The Morgan fingerprint density at radius 1 is 1.27 bits per heavy atom. The number of hydrogen-bond donors (Lipinski definition) is 1. The molecule has 4 heterocycles. The first-order valence-electron chi connectivity index (χ1n) is 10.2. The van der Waals surface area contributed by atoms with E-state index in [1.807, 2.05) is 35.9 Å². The molecule has 0 fully saturated rings. The van der Waals surface area contributed by atoms with Crippen molar-refractivity contribution < 1.29 is 9.21 Å². The van der Waals surface area contributed by atoms with E-state index in [0.717, 1.165) is 23.3 Å². The first kappa shape index (κ1) is 18.5. The van der Waals surface area contributed by atoms with Crippen LogP contribution in [0.2, 0.25) is 0 Å². The van der Waals surface area contributed by atoms with Gasteiger partial charge < -0.3 is 19.0 Å². The Morgan fingerprint density at radius 3 is 3.03 bits per heavy atom. The van der Waals surface area contributed by atoms with Crippen molar-refractivity contribution in [3.63, 3.8) is 0 Å². The topological polar surface area (TPSA) is 62.8 Å². The van der Waals surface area contributed by atoms with Gasteiger partial charge in [-0.15, -0.1) is 0 Å². The molecule has 1 N–H and O–H groups in total. The first-order valence-corrected chi connectivity index (χ1v) is 10.2. The SMILES string of the molecule is Cc1ccn2cc(CNC(=O)c3ccoc3CN3c4ccccc4CC3C)nc2c1. The third kappa shape index (κ3) is 3.34. The second-order valence-electron chi connectivity index (χ2n) is 7.95. The summed E-state index contributed by atoms with van der Waals surface area (Å²) >= 11 is 0. The van der Waals surface area contributed by atoms with Gasteiger partial charge in [-0.05, 0) is 55.7 Å². The molecule has 5 rings (SSSR count). The van der Waals surface area contributed by atoms with E-state index in [0.29, 0.717) is 30.5 Å². The number of pyridine rings is 1. The maximum absolute atomic E-state index is 12.8. The summed E-state index contributed by atoms with van der Waals surface area (Å²) in [5, 5.41) is 2.98. The molecule has 6 nitrogen and oxygen atoms in total. The number of carbonyl (C=O) groups is 1. The lowest BCUT2D eigenvalue weighted by Gasteiger charge is -2.24. The zero-order valence-electron chi connectivity index (χ0n) is 17.1. The van der Waals surface area contributed by atoms with E-state index >= 15 is 0 Å². The molecule has 0 bridgehead atoms. The predicted octanol–water partition coefficient (Wildman–Crippen LogP) is 4.12. The van der Waals surface area contributed by atoms with Crippen LogP contribution in [0.4, 0.5) is 5.69 Å². The van der Waals surface area contributed by atoms with Gasteiger partial charge in [-0.2, -0.15) is 0 Å². The Bertz CT molecular complexity index is 1220. The van der Waals surface area contributed by atoms with Gasteiger partial charge in [0.05, 0.1) is 30.6 Å². The summed E-state index contributed by atoms with van der Waals surface area (Å²) in [5.41, 5.74) is 5.99. The van der Waals surface area contributed by atoms with Crippen LogP contribution in [0.5, 0.6) is 0 Å². The molecule has 0 aliphatic carbocycles. The number of benzene rings is 1. The molecule has 0 saturated carbocycles. The van der Waals surface area contributed by atoms with Crippen molar-refractivity contribution >= 4 is 17.2 Å². The molecule has 0 spiro atoms. The molecule has 30 heavy (non-hydrogen) atoms. The minimum Gasteiger partial charge on any atom is -0.467 e. The Kier molecular flexibility index (Phi) is 4.54. The van der Waals surface area contributed by atoms with Crippen LogP contribution in [0, 0.1) is 6.92 Å². The highest BCUT2D eigenvalue weighted by atomic mass is 16.3. The van der Waals surface area contributed by atoms with Crippen molar-refractivity contribution in [1.29, 1.82) is 0 Å². The van der Waals surface area contributed by atoms with Crippen molar-refractivity contribution in [2.75, 3.05) is 4.90 Å². The van der Waals surface area contributed by atoms with E-state index in [-0.39, 0.29) is 5.91 Å². The van der Waals surface area contributed by atoms with Crippen LogP contribution >= 0.6 is 0 Å². The van der Waals surface area contributed by atoms with Crippen molar-refractivity contribution in [2.45, 2.75) is 39.4 Å². The van der Waals surface area contributed by atoms with Crippen LogP contribution in [0.1, 0.15) is 39.9 Å². The fraction of sp³-hybridized carbons (Fsp3) is 0.250. The van der Waals surface area contributed by atoms with E-state index < -0.39 is 0 Å². The summed E-state index contributed by atoms with van der Waals surface area (Å²) in [5.74, 6) is 0.536. The largest absolute Gasteiger partial charge is 0.467 e. The number of fused-ring (bicyclic) bond motifs is 2. The van der Waals surface area contributed by atoms with Crippen LogP contribution in [0.3, 0.4) is 0 Å². The molecule has 1 aromatic carbocycles. The Hall–Kier alpha value is -3.54. The molecule has 3 aromatic heterocycles. The number of nitrogens with one attached hydrogen (secondary N) is 1. The average Bonchev–Trinajstić information content (AvgIpc) is 3.43. The van der Waals surface area contributed by atoms with Crippen molar-refractivity contribution in [2.24, 2.45) is 0 Å². The number of amides is 1. The molecule has 4 aromatic rings. The van der Waals surface area contributed by atoms with Crippen molar-refractivity contribution in [3.8, 4) is 0 Å². The third-order valence-corrected chi connectivity index (χ3v) is 5.75. The third-order valence-electron chi connectivity index (χ3n) is 5.75. The van der Waals surface area contributed by atoms with Gasteiger partial charge in [0.1, 0.15) is 11.4 Å². The molecule has 1 unspecified atom stereocenters. The summed E-state index contributed by atoms with van der Waals surface area (Å²) in [7, 11) is 0. The number of imidazole rings is 1. The summed E-state index contributed by atoms with van der Waals surface area (Å²) in [6, 6.07) is 14.6. The number of para-hydroxylation sites is 1. The lowest BCUT2D eigenvalue weighted by molar-refractivity contribution is 0.0948. The summed E-state index contributed by atoms with van der Waals surface area (Å²) < 4.78 is 7.66. The quantitative estimate of drug-likeness (QED) is 0.547. The number of aryl methyl sites for hydroxylation is 1. The monoisotopic (exact) mass is 400 g/mol. The maximum Gasteiger partial charge on any atom is 0.255 e. The first-order chi connectivity index (χ1) is 14.6. The van der Waals surface area contributed by atoms with E-state index in [4.69, 9.17) is 4.42 Å². The summed E-state index contributed by atoms with van der Waals surface area (Å²) in [6.07, 6.45) is 6.51. The Morgan fingerprint density at radius 2 is 2.13 bits per heavy atom. The van der Waals surface area contributed by atoms with E-state index in [2.05, 4.69) is 46.4 Å². The second-order valence-corrected chi connectivity index (χ2v) is 7.95. The van der Waals surface area contributed by atoms with Gasteiger partial charge in [-0.3, -0.25) is 4.79 Å². The highest BCUT2D eigenvalue weighted by Gasteiger charge is 2.28. The van der Waals surface area contributed by atoms with Crippen LogP contribution < -0.4 is 10.2 Å². The summed E-state index contributed by atoms with van der Waals surface area (Å²) in [6.45, 7) is 5.18. The molecule has 0 saturated heterocycles. The van der Waals surface area contributed by atoms with Gasteiger partial charge in [-0.25, -0.2) is 4.98 Å². The number of furan rings is 1. The highest BCUT2D eigenvalue weighted by Crippen LogP contribution is 2.33. The van der Waals surface area contributed by atoms with E-state index in [9.17, 15) is 4.79 Å². The number of rotatable bonds is 5. The smallest absolute Gasteiger partial charge is 0.255 e. The number of carbonyl (C=O) groups excluding carboxylic acids is 1. The number of aromatic nitrogens is 2. The normalized spacial score (nSPS) is 15.5. The van der Waals surface area contributed by atoms with Crippen molar-refractivity contribution in [3.05, 3.63) is 89.3 Å². The molecular weight excluding hydrogens is 376 g/mol. The van der Waals surface area contributed by atoms with Gasteiger partial charge in [0.2, 0.25) is 0 Å². The fourth-order valence-electron chi connectivity index (χ4n) is 4.18. The minimum absolute atomic E-state index is 0.146. The van der Waals surface area contributed by atoms with Crippen LogP contribution in [-0.4, -0.2) is 21.3 Å². The average molecular weight is 400 g/mol. The molecule has 1 amide bonds. The minimum atomic E-state index is -0.146. The standard InChI is InChI=1S/C24H24N4O2/c1-16-7-9-27-14-19(26-23(27)11-16)13-25-24(29)20-8-10-30-22(20)15-28-17(2)12-18-5-3-4-6-21(18)28/h3-11,14,17H,12-13,15H2,1-2H3,(H,25,29). The molecule has 6 heteroatoms. The van der Waals surface area contributed by atoms with Crippen LogP contribution in [-0.2, 0) is 19.5 Å². The lowest BCUT2D eigenvalue weighted by Crippen LogP contribution is -2.30. The number of hydrogen-bond acceptors (Lipinski definition) is 4. The summed E-state index contributed by atoms with van der Waals surface area (Å²) in [4.78, 5) is 19.7. The van der Waals surface area contributed by atoms with Crippen LogP contribution in [0.25, 0.3) is 5.65 Å². The molecule has 0 radical (unpaired) electrons. The Labute approximate surface area is 175 Å². The van der Waals surface area contributed by atoms with Gasteiger partial charge in [0.25, 0.3) is 5.91 Å². The highest BCUT2D eigenvalue weighted by molar-refractivity contribution is 5.95. The van der Waals surface area contributed by atoms with Gasteiger partial charge in [0, 0.05) is 24.1 Å². The number of nitrogens with zero attached hydrogens (tertiary/aromatic N) is 3. The lowest BCUT2D eigenvalue weighted by atomic mass is 10.1. The van der Waals surface area contributed by atoms with Gasteiger partial charge >= 0.3 is 0 Å². The zero-order valence-corrected chi connectivity index (χ0v) is 17.1. The van der Waals surface area contributed by atoms with E-state index in [1.54, 1.807) is 12.3 Å². The molecule has 1 aliphatic heterocycles. The molecule has 152 valence electrons. The molecule has 1 atom stereocenters. The number of anilines is 1. The molecular formula is C24H24N4O2. The zero-order chi connectivity index (χ0) is 20.7. The van der Waals surface area contributed by atoms with Crippen molar-refractivity contribution in [1.82, 2.24) is 14.7 Å². The fourth-order valence-corrected chi connectivity index (χ4v) is 4.18. The van der Waals surface area contributed by atoms with Crippen LogP contribution in [0.15, 0.2) is 65.5 Å². The Balaban J connectivity index is 1.30. The second kappa shape index (κ2) is 7.37. The maximum atomic E-state index is 12.8. The predicted molar refractivity (Wildman–Crippen MR) is 116 cm³/mol. The van der Waals surface area contributed by atoms with Gasteiger partial charge in [0.15, 0.2) is 0 Å².